The van der Waals surface area contributed by atoms with E-state index in [-0.39, 0.29) is 23.0 Å². The summed E-state index contributed by atoms with van der Waals surface area (Å²) in [6.45, 7) is 7.10. The summed E-state index contributed by atoms with van der Waals surface area (Å²) in [7, 11) is 0. The second-order valence-electron chi connectivity index (χ2n) is 14.5. The van der Waals surface area contributed by atoms with Crippen molar-refractivity contribution < 1.29 is 14.3 Å². The van der Waals surface area contributed by atoms with E-state index in [1.807, 2.05) is 76.2 Å². The van der Waals surface area contributed by atoms with Gasteiger partial charge < -0.3 is 29.8 Å². The number of aromatic nitrogens is 3. The van der Waals surface area contributed by atoms with Crippen molar-refractivity contribution >= 4 is 68.2 Å². The molecular formula is C44H40Cl2FN7O3. The fourth-order valence-corrected chi connectivity index (χ4v) is 7.45. The minimum Gasteiger partial charge on any atom is -0.477 e. The van der Waals surface area contributed by atoms with Crippen molar-refractivity contribution in [1.29, 1.82) is 0 Å². The van der Waals surface area contributed by atoms with Crippen LogP contribution >= 0.6 is 23.2 Å². The van der Waals surface area contributed by atoms with Gasteiger partial charge in [0, 0.05) is 71.3 Å². The van der Waals surface area contributed by atoms with Crippen LogP contribution in [0.4, 0.5) is 21.5 Å². The molecule has 5 aromatic rings. The minimum atomic E-state index is -1.28. The van der Waals surface area contributed by atoms with Gasteiger partial charge in [0.1, 0.15) is 11.4 Å². The molecule has 0 radical (unpaired) electrons. The van der Waals surface area contributed by atoms with Gasteiger partial charge in [0.2, 0.25) is 5.43 Å². The molecule has 3 N–H and O–H groups in total. The van der Waals surface area contributed by atoms with Crippen LogP contribution in [0.2, 0.25) is 10.0 Å². The molecule has 1 saturated carbocycles. The number of carbonyl (C=O) groups is 1. The molecular weight excluding hydrogens is 764 g/mol. The zero-order valence-corrected chi connectivity index (χ0v) is 32.9. The second kappa shape index (κ2) is 16.0. The lowest BCUT2D eigenvalue weighted by Crippen LogP contribution is -2.43. The normalized spacial score (nSPS) is 14.6. The van der Waals surface area contributed by atoms with E-state index in [1.165, 1.54) is 12.3 Å². The second-order valence-corrected chi connectivity index (χ2v) is 15.4. The van der Waals surface area contributed by atoms with E-state index >= 15 is 0 Å². The quantitative estimate of drug-likeness (QED) is 0.138. The monoisotopic (exact) mass is 803 g/mol. The van der Waals surface area contributed by atoms with Gasteiger partial charge in [-0.1, -0.05) is 35.3 Å². The summed E-state index contributed by atoms with van der Waals surface area (Å²) in [6.07, 6.45) is 3.29. The average Bonchev–Trinajstić information content (AvgIpc) is 4.05. The number of pyridine rings is 1. The molecule has 2 fully saturated rings. The number of para-hydroxylation sites is 2. The Kier molecular flexibility index (Phi) is 10.7. The molecule has 13 heteroatoms. The van der Waals surface area contributed by atoms with Crippen LogP contribution in [-0.4, -0.2) is 57.4 Å². The SMILES string of the molecule is CC(C)N=c1cc2n(-c3ccc(Cl)cc3)c3ccccc3nc-2cc1Nc1ccc(Cl)cc1.O=C(O)c1cn(C2CC2)c2cc(N3CCNCC3)c(F)cc2c1=O. The van der Waals surface area contributed by atoms with E-state index in [4.69, 9.17) is 33.2 Å². The van der Waals surface area contributed by atoms with Crippen LogP contribution in [0.15, 0.2) is 113 Å². The number of piperazine rings is 1. The van der Waals surface area contributed by atoms with E-state index in [0.29, 0.717) is 34.3 Å². The summed E-state index contributed by atoms with van der Waals surface area (Å²) in [5.74, 6) is -1.76. The maximum absolute atomic E-state index is 14.6. The number of anilines is 3. The van der Waals surface area contributed by atoms with Crippen molar-refractivity contribution in [3.8, 4) is 17.1 Å². The molecule has 9 rings (SSSR count). The van der Waals surface area contributed by atoms with Crippen molar-refractivity contribution in [1.82, 2.24) is 19.4 Å². The number of carboxylic acid groups (broad SMARTS) is 1. The first-order chi connectivity index (χ1) is 27.5. The fraction of sp³-hybridized carbons (Fsp3) is 0.227. The van der Waals surface area contributed by atoms with Crippen molar-refractivity contribution in [3.05, 3.63) is 140 Å². The number of nitrogens with zero attached hydrogens (tertiary/aromatic N) is 5. The first-order valence-electron chi connectivity index (χ1n) is 18.9. The smallest absolute Gasteiger partial charge is 0.341 e. The zero-order chi connectivity index (χ0) is 39.8. The first-order valence-corrected chi connectivity index (χ1v) is 19.6. The van der Waals surface area contributed by atoms with E-state index < -0.39 is 17.2 Å². The number of halogens is 3. The van der Waals surface area contributed by atoms with Gasteiger partial charge in [-0.05, 0) is 112 Å². The molecule has 1 saturated heterocycles. The molecule has 4 aromatic carbocycles. The number of rotatable bonds is 7. The molecule has 1 aromatic heterocycles. The standard InChI is InChI=1S/C27H22Cl2N4.C17H18FN3O3/c1-17(2)30-24-16-27-25(15-23(24)31-20-11-7-18(28)8-12-20)32-22-5-3-4-6-26(22)33(27)21-13-9-19(29)10-14-21;18-13-7-11-14(8-15(13)20-5-3-19-4-6-20)21(10-1-2-10)9-12(16(11)22)17(23)24/h3-17,31H,1-2H3;7-10,19H,1-6H2,(H,23,24). The topological polar surface area (TPSA) is 117 Å². The lowest BCUT2D eigenvalue weighted by Gasteiger charge is -2.30. The zero-order valence-electron chi connectivity index (χ0n) is 31.3. The van der Waals surface area contributed by atoms with Gasteiger partial charge in [-0.25, -0.2) is 14.2 Å². The number of nitrogens with one attached hydrogen (secondary N) is 2. The Morgan fingerprint density at radius 2 is 1.61 bits per heavy atom. The Morgan fingerprint density at radius 3 is 2.28 bits per heavy atom. The van der Waals surface area contributed by atoms with Gasteiger partial charge in [0.25, 0.3) is 0 Å². The van der Waals surface area contributed by atoms with Gasteiger partial charge in [-0.15, -0.1) is 0 Å². The number of hydrogen-bond donors (Lipinski definition) is 3. The maximum Gasteiger partial charge on any atom is 0.341 e. The van der Waals surface area contributed by atoms with Crippen LogP contribution < -0.4 is 26.3 Å². The summed E-state index contributed by atoms with van der Waals surface area (Å²) >= 11 is 12.2. The molecule has 57 heavy (non-hydrogen) atoms. The minimum absolute atomic E-state index is 0.130. The number of hydrogen-bond acceptors (Lipinski definition) is 7. The molecule has 290 valence electrons. The van der Waals surface area contributed by atoms with Gasteiger partial charge >= 0.3 is 5.97 Å². The highest BCUT2D eigenvalue weighted by Gasteiger charge is 2.28. The van der Waals surface area contributed by atoms with E-state index in [1.54, 1.807) is 6.07 Å². The van der Waals surface area contributed by atoms with Gasteiger partial charge in [-0.3, -0.25) is 9.79 Å². The first kappa shape index (κ1) is 38.1. The molecule has 4 aliphatic rings. The van der Waals surface area contributed by atoms with Gasteiger partial charge in [-0.2, -0.15) is 0 Å². The van der Waals surface area contributed by atoms with Crippen LogP contribution in [0.1, 0.15) is 43.1 Å². The van der Waals surface area contributed by atoms with Crippen molar-refractivity contribution in [2.24, 2.45) is 4.99 Å². The largest absolute Gasteiger partial charge is 0.477 e. The van der Waals surface area contributed by atoms with Crippen LogP contribution in [0, 0.1) is 5.82 Å². The Bertz CT molecular complexity index is 2720. The Labute approximate surface area is 338 Å². The number of aromatic carboxylic acids is 1. The van der Waals surface area contributed by atoms with Crippen molar-refractivity contribution in [2.75, 3.05) is 36.4 Å². The molecule has 0 atom stereocenters. The molecule has 0 amide bonds. The maximum atomic E-state index is 14.6. The average molecular weight is 805 g/mol. The molecule has 0 bridgehead atoms. The molecule has 0 spiro atoms. The number of benzene rings is 5. The third kappa shape index (κ3) is 8.09. The molecule has 2 aliphatic carbocycles. The summed E-state index contributed by atoms with van der Waals surface area (Å²) < 4.78 is 18.6. The third-order valence-electron chi connectivity index (χ3n) is 10.0. The molecule has 3 heterocycles. The lowest BCUT2D eigenvalue weighted by molar-refractivity contribution is 0.0694. The van der Waals surface area contributed by atoms with E-state index in [0.717, 1.165) is 70.8 Å². The van der Waals surface area contributed by atoms with E-state index in [2.05, 4.69) is 47.2 Å². The summed E-state index contributed by atoms with van der Waals surface area (Å²) in [4.78, 5) is 35.6. The summed E-state index contributed by atoms with van der Waals surface area (Å²) in [6, 6.07) is 31.0. The summed E-state index contributed by atoms with van der Waals surface area (Å²) in [5, 5.41) is 18.4. The predicted octanol–water partition coefficient (Wildman–Crippen LogP) is 9.07. The molecule has 2 aliphatic heterocycles. The Balaban J connectivity index is 0.000000168. The Hall–Kier alpha value is -5.75. The van der Waals surface area contributed by atoms with Crippen molar-refractivity contribution in [3.63, 3.8) is 0 Å². The van der Waals surface area contributed by atoms with Crippen LogP contribution in [0.5, 0.6) is 0 Å². The highest BCUT2D eigenvalue weighted by molar-refractivity contribution is 6.30. The van der Waals surface area contributed by atoms with Crippen LogP contribution in [-0.2, 0) is 0 Å². The number of fused-ring (bicyclic) bond motifs is 3. The van der Waals surface area contributed by atoms with Gasteiger partial charge in [0.15, 0.2) is 0 Å². The highest BCUT2D eigenvalue weighted by Crippen LogP contribution is 2.38. The number of carboxylic acids is 1. The predicted molar refractivity (Wildman–Crippen MR) is 227 cm³/mol. The van der Waals surface area contributed by atoms with E-state index in [9.17, 15) is 19.1 Å². The lowest BCUT2D eigenvalue weighted by atomic mass is 10.1. The van der Waals surface area contributed by atoms with Crippen LogP contribution in [0.3, 0.4) is 0 Å². The highest BCUT2D eigenvalue weighted by atomic mass is 35.5. The van der Waals surface area contributed by atoms with Crippen LogP contribution in [0.25, 0.3) is 39.0 Å². The molecule has 10 nitrogen and oxygen atoms in total. The summed E-state index contributed by atoms with van der Waals surface area (Å²) in [5.41, 5.74) is 6.76. The Morgan fingerprint density at radius 1 is 0.930 bits per heavy atom. The third-order valence-corrected chi connectivity index (χ3v) is 10.5. The fourth-order valence-electron chi connectivity index (χ4n) is 7.20. The van der Waals surface area contributed by atoms with Crippen molar-refractivity contribution in [2.45, 2.75) is 38.8 Å². The molecule has 0 unspecified atom stereocenters. The van der Waals surface area contributed by atoms with Gasteiger partial charge in [0.05, 0.1) is 44.7 Å².